The highest BCUT2D eigenvalue weighted by Crippen LogP contribution is 2.34. The number of nitro groups is 1. The van der Waals surface area contributed by atoms with Gasteiger partial charge in [-0.25, -0.2) is 9.78 Å². The summed E-state index contributed by atoms with van der Waals surface area (Å²) in [6.07, 6.45) is 2.67. The van der Waals surface area contributed by atoms with Gasteiger partial charge in [0.1, 0.15) is 5.60 Å². The Kier molecular flexibility index (Phi) is 5.50. The molecule has 1 N–H and O–H groups in total. The van der Waals surface area contributed by atoms with Crippen molar-refractivity contribution in [3.63, 3.8) is 0 Å². The number of rotatable bonds is 4. The molecule has 0 bridgehead atoms. The third-order valence-electron chi connectivity index (χ3n) is 4.32. The van der Waals surface area contributed by atoms with Crippen LogP contribution in [-0.4, -0.2) is 40.7 Å². The van der Waals surface area contributed by atoms with Crippen LogP contribution in [-0.2, 0) is 4.74 Å². The number of ether oxygens (including phenoxy) is 1. The fourth-order valence-electron chi connectivity index (χ4n) is 3.12. The number of piperidine rings is 1. The molecule has 1 aliphatic heterocycles. The zero-order chi connectivity index (χ0) is 19.6. The Morgan fingerprint density at radius 3 is 2.93 bits per heavy atom. The second kappa shape index (κ2) is 7.67. The van der Waals surface area contributed by atoms with Crippen molar-refractivity contribution < 1.29 is 14.5 Å². The Balaban J connectivity index is 1.74. The summed E-state index contributed by atoms with van der Waals surface area (Å²) in [7, 11) is 0. The highest BCUT2D eigenvalue weighted by atomic mass is 32.1. The fourth-order valence-corrected chi connectivity index (χ4v) is 4.16. The van der Waals surface area contributed by atoms with Crippen molar-refractivity contribution in [1.82, 2.24) is 10.3 Å². The number of benzene rings is 1. The molecule has 1 atom stereocenters. The van der Waals surface area contributed by atoms with Crippen molar-refractivity contribution in [2.24, 2.45) is 0 Å². The van der Waals surface area contributed by atoms with E-state index in [1.807, 2.05) is 20.8 Å². The summed E-state index contributed by atoms with van der Waals surface area (Å²) in [5, 5.41) is 14.7. The van der Waals surface area contributed by atoms with Gasteiger partial charge in [0.15, 0.2) is 5.13 Å². The van der Waals surface area contributed by atoms with Crippen LogP contribution in [0.2, 0.25) is 0 Å². The van der Waals surface area contributed by atoms with Crippen molar-refractivity contribution in [2.75, 3.05) is 18.0 Å². The summed E-state index contributed by atoms with van der Waals surface area (Å²) >= 11 is 1.52. The topological polar surface area (TPSA) is 97.6 Å². The molecule has 1 aliphatic rings. The predicted molar refractivity (Wildman–Crippen MR) is 105 cm³/mol. The number of fused-ring (bicyclic) bond motifs is 1. The number of nitro benzene ring substituents is 1. The van der Waals surface area contributed by atoms with E-state index in [1.165, 1.54) is 23.5 Å². The summed E-state index contributed by atoms with van der Waals surface area (Å²) in [5.74, 6) is 0. The molecule has 1 saturated heterocycles. The van der Waals surface area contributed by atoms with Crippen molar-refractivity contribution in [3.05, 3.63) is 28.3 Å². The number of nitrogens with one attached hydrogen (secondary N) is 1. The minimum absolute atomic E-state index is 0.0427. The lowest BCUT2D eigenvalue weighted by atomic mass is 10.0. The van der Waals surface area contributed by atoms with Crippen LogP contribution in [0.25, 0.3) is 10.2 Å². The normalized spacial score (nSPS) is 17.7. The number of carbonyl (C=O) groups excluding carboxylic acids is 1. The zero-order valence-corrected chi connectivity index (χ0v) is 16.5. The van der Waals surface area contributed by atoms with E-state index < -0.39 is 16.6 Å². The Hall–Kier alpha value is -2.42. The maximum absolute atomic E-state index is 12.0. The van der Waals surface area contributed by atoms with Gasteiger partial charge >= 0.3 is 6.09 Å². The summed E-state index contributed by atoms with van der Waals surface area (Å²) in [6, 6.07) is 4.88. The number of nitrogens with zero attached hydrogens (tertiary/aromatic N) is 3. The smallest absolute Gasteiger partial charge is 0.407 e. The maximum Gasteiger partial charge on any atom is 0.407 e. The monoisotopic (exact) mass is 392 g/mol. The van der Waals surface area contributed by atoms with Gasteiger partial charge in [0.25, 0.3) is 5.69 Å². The highest BCUT2D eigenvalue weighted by molar-refractivity contribution is 7.22. The van der Waals surface area contributed by atoms with Crippen molar-refractivity contribution in [2.45, 2.75) is 51.7 Å². The number of thiazole rings is 1. The first-order valence-electron chi connectivity index (χ1n) is 9.01. The van der Waals surface area contributed by atoms with Gasteiger partial charge in [-0.2, -0.15) is 0 Å². The molecule has 8 nitrogen and oxygen atoms in total. The van der Waals surface area contributed by atoms with Crippen LogP contribution in [0.4, 0.5) is 15.6 Å². The molecule has 2 heterocycles. The van der Waals surface area contributed by atoms with Crippen LogP contribution in [0.3, 0.4) is 0 Å². The summed E-state index contributed by atoms with van der Waals surface area (Å²) in [4.78, 5) is 29.3. The number of hydrogen-bond acceptors (Lipinski definition) is 7. The highest BCUT2D eigenvalue weighted by Gasteiger charge is 2.27. The Bertz CT molecular complexity index is 845. The largest absolute Gasteiger partial charge is 0.444 e. The van der Waals surface area contributed by atoms with Gasteiger partial charge in [0.2, 0.25) is 0 Å². The van der Waals surface area contributed by atoms with Crippen LogP contribution >= 0.6 is 11.3 Å². The fraction of sp³-hybridized carbons (Fsp3) is 0.556. The molecule has 9 heteroatoms. The lowest BCUT2D eigenvalue weighted by Gasteiger charge is -2.35. The predicted octanol–water partition coefficient (Wildman–Crippen LogP) is 4.09. The van der Waals surface area contributed by atoms with Crippen molar-refractivity contribution >= 4 is 38.5 Å². The van der Waals surface area contributed by atoms with Crippen LogP contribution in [0.5, 0.6) is 0 Å². The van der Waals surface area contributed by atoms with Gasteiger partial charge in [-0.1, -0.05) is 11.3 Å². The Labute approximate surface area is 161 Å². The average molecular weight is 392 g/mol. The van der Waals surface area contributed by atoms with Crippen LogP contribution in [0, 0.1) is 10.1 Å². The van der Waals surface area contributed by atoms with Gasteiger partial charge in [-0.15, -0.1) is 0 Å². The molecular formula is C18H24N4O4S. The average Bonchev–Trinajstić information content (AvgIpc) is 3.01. The number of non-ortho nitro benzene ring substituents is 1. The molecule has 2 aromatic rings. The third kappa shape index (κ3) is 4.85. The first-order valence-corrected chi connectivity index (χ1v) is 9.83. The van der Waals surface area contributed by atoms with Crippen molar-refractivity contribution in [3.8, 4) is 0 Å². The van der Waals surface area contributed by atoms with E-state index in [1.54, 1.807) is 6.07 Å². The van der Waals surface area contributed by atoms with Gasteiger partial charge in [0, 0.05) is 31.3 Å². The molecule has 27 heavy (non-hydrogen) atoms. The number of aromatic nitrogens is 1. The summed E-state index contributed by atoms with van der Waals surface area (Å²) in [5.41, 5.74) is 0.146. The molecule has 0 spiro atoms. The van der Waals surface area contributed by atoms with E-state index in [0.717, 1.165) is 35.6 Å². The second-order valence-electron chi connectivity index (χ2n) is 7.63. The lowest BCUT2D eigenvalue weighted by Crippen LogP contribution is -2.47. The van der Waals surface area contributed by atoms with Crippen LogP contribution < -0.4 is 10.2 Å². The van der Waals surface area contributed by atoms with E-state index in [9.17, 15) is 14.9 Å². The molecular weight excluding hydrogens is 368 g/mol. The van der Waals surface area contributed by atoms with E-state index in [2.05, 4.69) is 15.2 Å². The van der Waals surface area contributed by atoms with E-state index in [4.69, 9.17) is 4.74 Å². The minimum Gasteiger partial charge on any atom is -0.444 e. The number of carbonyl (C=O) groups is 1. The first-order chi connectivity index (χ1) is 12.7. The van der Waals surface area contributed by atoms with Gasteiger partial charge in [0.05, 0.1) is 15.1 Å². The molecule has 0 saturated carbocycles. The zero-order valence-electron chi connectivity index (χ0n) is 15.7. The molecule has 3 rings (SSSR count). The van der Waals surface area contributed by atoms with E-state index >= 15 is 0 Å². The Morgan fingerprint density at radius 2 is 2.22 bits per heavy atom. The second-order valence-corrected chi connectivity index (χ2v) is 8.64. The quantitative estimate of drug-likeness (QED) is 0.622. The Morgan fingerprint density at radius 1 is 1.44 bits per heavy atom. The third-order valence-corrected chi connectivity index (χ3v) is 5.40. The molecule has 0 radical (unpaired) electrons. The standard InChI is InChI=1S/C18H24N4O4S/c1-18(2,3)26-17(23)19-11-13-6-4-5-9-21(13)16-20-14-10-12(22(24)25)7-8-15(14)27-16/h7-8,10,13H,4-6,9,11H2,1-3H3,(H,19,23)/t13-/m0/s1. The molecule has 1 amide bonds. The molecule has 1 fully saturated rings. The van der Waals surface area contributed by atoms with Gasteiger partial charge in [-0.3, -0.25) is 10.1 Å². The van der Waals surface area contributed by atoms with E-state index in [-0.39, 0.29) is 11.7 Å². The van der Waals surface area contributed by atoms with Crippen LogP contribution in [0.1, 0.15) is 40.0 Å². The maximum atomic E-state index is 12.0. The number of amides is 1. The number of anilines is 1. The molecule has 0 aliphatic carbocycles. The van der Waals surface area contributed by atoms with Crippen molar-refractivity contribution in [1.29, 1.82) is 0 Å². The molecule has 1 aromatic carbocycles. The van der Waals surface area contributed by atoms with Gasteiger partial charge in [-0.05, 0) is 46.1 Å². The first kappa shape index (κ1) is 19.3. The SMILES string of the molecule is CC(C)(C)OC(=O)NC[C@@H]1CCCCN1c1nc2cc([N+](=O)[O-])ccc2s1. The molecule has 146 valence electrons. The summed E-state index contributed by atoms with van der Waals surface area (Å²) < 4.78 is 6.22. The van der Waals surface area contributed by atoms with Crippen LogP contribution in [0.15, 0.2) is 18.2 Å². The van der Waals surface area contributed by atoms with E-state index in [0.29, 0.717) is 12.1 Å². The number of hydrogen-bond donors (Lipinski definition) is 1. The molecule has 0 unspecified atom stereocenters. The molecule has 1 aromatic heterocycles. The minimum atomic E-state index is -0.530. The number of alkyl carbamates (subject to hydrolysis) is 1. The lowest BCUT2D eigenvalue weighted by molar-refractivity contribution is -0.384. The van der Waals surface area contributed by atoms with Gasteiger partial charge < -0.3 is 15.0 Å². The summed E-state index contributed by atoms with van der Waals surface area (Å²) in [6.45, 7) is 6.83.